The van der Waals surface area contributed by atoms with Gasteiger partial charge in [0.25, 0.3) is 0 Å². The third-order valence-corrected chi connectivity index (χ3v) is 7.04. The number of hydrogen-bond donors (Lipinski definition) is 0. The molecule has 5 nitrogen and oxygen atoms in total. The average Bonchev–Trinajstić information content (AvgIpc) is 3.14. The van der Waals surface area contributed by atoms with Crippen LogP contribution < -0.4 is 4.74 Å². The van der Waals surface area contributed by atoms with Gasteiger partial charge in [0.1, 0.15) is 11.6 Å². The number of hydrogen-bond acceptors (Lipinski definition) is 3. The molecule has 35 heavy (non-hydrogen) atoms. The number of nitrogens with zero attached hydrogens (tertiary/aromatic N) is 3. The number of piperazine rings is 1. The summed E-state index contributed by atoms with van der Waals surface area (Å²) in [6, 6.07) is 12.8. The minimum Gasteiger partial charge on any atom is -0.497 e. The number of carbonyl (C=O) groups excluding carboxylic acids is 1. The van der Waals surface area contributed by atoms with E-state index in [2.05, 4.69) is 22.5 Å². The number of benzene rings is 2. The van der Waals surface area contributed by atoms with Crippen LogP contribution in [0.15, 0.2) is 48.5 Å². The van der Waals surface area contributed by atoms with Gasteiger partial charge in [0.05, 0.1) is 7.11 Å². The lowest BCUT2D eigenvalue weighted by Gasteiger charge is -2.34. The Hall–Kier alpha value is -2.83. The molecule has 1 aliphatic heterocycles. The number of amides is 1. The number of halogens is 2. The van der Waals surface area contributed by atoms with Crippen molar-refractivity contribution in [2.45, 2.75) is 26.3 Å². The fourth-order valence-corrected chi connectivity index (χ4v) is 4.88. The van der Waals surface area contributed by atoms with Crippen LogP contribution in [0.3, 0.4) is 0 Å². The van der Waals surface area contributed by atoms with Crippen molar-refractivity contribution < 1.29 is 13.9 Å². The minimum atomic E-state index is -0.194. The van der Waals surface area contributed by atoms with Crippen LogP contribution in [0.25, 0.3) is 17.0 Å². The SMILES string of the molecule is COc1ccc2c(c1)c(C=CC(=O)N1CCN(CCc3cccc(F)c3)CC1)c(C)n2CCCCl. The third kappa shape index (κ3) is 6.06. The number of alkyl halides is 1. The van der Waals surface area contributed by atoms with Gasteiger partial charge < -0.3 is 14.2 Å². The lowest BCUT2D eigenvalue weighted by Crippen LogP contribution is -2.48. The maximum Gasteiger partial charge on any atom is 0.246 e. The fourth-order valence-electron chi connectivity index (χ4n) is 4.76. The molecule has 1 aromatic heterocycles. The van der Waals surface area contributed by atoms with E-state index >= 15 is 0 Å². The molecular weight excluding hydrogens is 465 g/mol. The number of carbonyl (C=O) groups is 1. The van der Waals surface area contributed by atoms with Crippen molar-refractivity contribution in [3.8, 4) is 5.75 Å². The molecule has 7 heteroatoms. The van der Waals surface area contributed by atoms with Crippen molar-refractivity contribution in [2.75, 3.05) is 45.7 Å². The van der Waals surface area contributed by atoms with Crippen molar-refractivity contribution in [3.05, 3.63) is 71.2 Å². The van der Waals surface area contributed by atoms with Gasteiger partial charge in [-0.3, -0.25) is 9.69 Å². The van der Waals surface area contributed by atoms with Crippen LogP contribution in [0.2, 0.25) is 0 Å². The van der Waals surface area contributed by atoms with Crippen molar-refractivity contribution in [1.82, 2.24) is 14.4 Å². The zero-order chi connectivity index (χ0) is 24.8. The summed E-state index contributed by atoms with van der Waals surface area (Å²) in [4.78, 5) is 17.2. The van der Waals surface area contributed by atoms with Crippen LogP contribution in [-0.4, -0.2) is 66.0 Å². The lowest BCUT2D eigenvalue weighted by atomic mass is 10.1. The van der Waals surface area contributed by atoms with Crippen molar-refractivity contribution >= 4 is 34.5 Å². The van der Waals surface area contributed by atoms with Crippen molar-refractivity contribution in [1.29, 1.82) is 0 Å². The molecule has 1 aliphatic rings. The summed E-state index contributed by atoms with van der Waals surface area (Å²) in [7, 11) is 1.66. The van der Waals surface area contributed by atoms with E-state index in [-0.39, 0.29) is 11.7 Å². The molecule has 1 saturated heterocycles. The second-order valence-corrected chi connectivity index (χ2v) is 9.33. The lowest BCUT2D eigenvalue weighted by molar-refractivity contribution is -0.127. The van der Waals surface area contributed by atoms with E-state index in [4.69, 9.17) is 16.3 Å². The van der Waals surface area contributed by atoms with Crippen LogP contribution in [0.5, 0.6) is 5.75 Å². The number of fused-ring (bicyclic) bond motifs is 1. The zero-order valence-corrected chi connectivity index (χ0v) is 21.2. The summed E-state index contributed by atoms with van der Waals surface area (Å²) in [5, 5.41) is 1.07. The van der Waals surface area contributed by atoms with E-state index in [1.807, 2.05) is 29.2 Å². The molecule has 1 fully saturated rings. The van der Waals surface area contributed by atoms with E-state index in [1.165, 1.54) is 6.07 Å². The first-order valence-electron chi connectivity index (χ1n) is 12.2. The third-order valence-electron chi connectivity index (χ3n) is 6.78. The highest BCUT2D eigenvalue weighted by Gasteiger charge is 2.20. The Balaban J connectivity index is 1.40. The van der Waals surface area contributed by atoms with Gasteiger partial charge in [-0.15, -0.1) is 11.6 Å². The molecule has 2 aromatic carbocycles. The van der Waals surface area contributed by atoms with Crippen LogP contribution in [0.4, 0.5) is 4.39 Å². The standard InChI is InChI=1S/C28H33ClFN3O2/c1-21-25(26-20-24(35-2)7-9-27(26)33(21)13-4-12-29)8-10-28(34)32-17-15-31(16-18-32)14-11-22-5-3-6-23(30)19-22/h3,5-10,19-20H,4,11-18H2,1-2H3. The van der Waals surface area contributed by atoms with Gasteiger partial charge in [0, 0.05) is 73.4 Å². The Labute approximate surface area is 211 Å². The van der Waals surface area contributed by atoms with Gasteiger partial charge in [0.15, 0.2) is 0 Å². The zero-order valence-electron chi connectivity index (χ0n) is 20.5. The van der Waals surface area contributed by atoms with E-state index in [0.29, 0.717) is 19.0 Å². The first-order chi connectivity index (χ1) is 17.0. The predicted octanol–water partition coefficient (Wildman–Crippen LogP) is 5.13. The number of ether oxygens (including phenoxy) is 1. The van der Waals surface area contributed by atoms with Crippen molar-refractivity contribution in [3.63, 3.8) is 0 Å². The Morgan fingerprint density at radius 1 is 1.11 bits per heavy atom. The molecule has 2 heterocycles. The highest BCUT2D eigenvalue weighted by atomic mass is 35.5. The summed E-state index contributed by atoms with van der Waals surface area (Å²) in [6.45, 7) is 6.81. The minimum absolute atomic E-state index is 0.0266. The molecule has 0 bridgehead atoms. The van der Waals surface area contributed by atoms with Crippen LogP contribution in [-0.2, 0) is 17.8 Å². The van der Waals surface area contributed by atoms with Gasteiger partial charge in [-0.1, -0.05) is 12.1 Å². The molecule has 0 N–H and O–H groups in total. The first-order valence-corrected chi connectivity index (χ1v) is 12.7. The van der Waals surface area contributed by atoms with Crippen LogP contribution >= 0.6 is 11.6 Å². The van der Waals surface area contributed by atoms with Crippen LogP contribution in [0, 0.1) is 12.7 Å². The summed E-state index contributed by atoms with van der Waals surface area (Å²) in [6.07, 6.45) is 5.31. The summed E-state index contributed by atoms with van der Waals surface area (Å²) in [5.41, 5.74) is 4.27. The maximum atomic E-state index is 13.4. The van der Waals surface area contributed by atoms with Gasteiger partial charge in [0.2, 0.25) is 5.91 Å². The predicted molar refractivity (Wildman–Crippen MR) is 141 cm³/mol. The van der Waals surface area contributed by atoms with Crippen molar-refractivity contribution in [2.24, 2.45) is 0 Å². The van der Waals surface area contributed by atoms with E-state index in [9.17, 15) is 9.18 Å². The average molecular weight is 498 g/mol. The van der Waals surface area contributed by atoms with Gasteiger partial charge >= 0.3 is 0 Å². The summed E-state index contributed by atoms with van der Waals surface area (Å²) >= 11 is 5.95. The largest absolute Gasteiger partial charge is 0.497 e. The Kier molecular flexibility index (Phi) is 8.47. The summed E-state index contributed by atoms with van der Waals surface area (Å²) in [5.74, 6) is 1.23. The monoisotopic (exact) mass is 497 g/mol. The molecule has 0 atom stereocenters. The number of rotatable bonds is 9. The Bertz CT molecular complexity index is 1200. The fraction of sp³-hybridized carbons (Fsp3) is 0.393. The number of aromatic nitrogens is 1. The topological polar surface area (TPSA) is 37.7 Å². The second kappa shape index (κ2) is 11.7. The molecule has 0 aliphatic carbocycles. The first kappa shape index (κ1) is 25.3. The molecule has 0 spiro atoms. The maximum absolute atomic E-state index is 13.4. The second-order valence-electron chi connectivity index (χ2n) is 8.96. The normalized spacial score (nSPS) is 14.8. The molecule has 186 valence electrons. The molecular formula is C28H33ClFN3O2. The van der Waals surface area contributed by atoms with E-state index < -0.39 is 0 Å². The highest BCUT2D eigenvalue weighted by molar-refractivity contribution is 6.17. The van der Waals surface area contributed by atoms with Gasteiger partial charge in [-0.25, -0.2) is 4.39 Å². The molecule has 4 rings (SSSR count). The number of aryl methyl sites for hydroxylation is 1. The molecule has 3 aromatic rings. The van der Waals surface area contributed by atoms with Gasteiger partial charge in [-0.05, 0) is 61.7 Å². The molecule has 1 amide bonds. The highest BCUT2D eigenvalue weighted by Crippen LogP contribution is 2.30. The van der Waals surface area contributed by atoms with Gasteiger partial charge in [-0.2, -0.15) is 0 Å². The Morgan fingerprint density at radius 3 is 2.63 bits per heavy atom. The summed E-state index contributed by atoms with van der Waals surface area (Å²) < 4.78 is 21.1. The smallest absolute Gasteiger partial charge is 0.246 e. The van der Waals surface area contributed by atoms with E-state index in [0.717, 1.165) is 72.5 Å². The van der Waals surface area contributed by atoms with E-state index in [1.54, 1.807) is 25.3 Å². The molecule has 0 saturated carbocycles. The molecule has 0 unspecified atom stereocenters. The Morgan fingerprint density at radius 2 is 1.91 bits per heavy atom. The molecule has 0 radical (unpaired) electrons. The quantitative estimate of drug-likeness (QED) is 0.304. The van der Waals surface area contributed by atoms with Crippen LogP contribution in [0.1, 0.15) is 23.2 Å². The number of methoxy groups -OCH3 is 1.